The van der Waals surface area contributed by atoms with Crippen LogP contribution in [0.3, 0.4) is 0 Å². The summed E-state index contributed by atoms with van der Waals surface area (Å²) >= 11 is 0. The number of aromatic nitrogens is 4. The summed E-state index contributed by atoms with van der Waals surface area (Å²) in [4.78, 5) is 37.7. The van der Waals surface area contributed by atoms with E-state index < -0.39 is 11.2 Å². The molecule has 9 heteroatoms. The molecule has 1 fully saturated rings. The van der Waals surface area contributed by atoms with E-state index in [1.54, 1.807) is 19.2 Å². The van der Waals surface area contributed by atoms with Gasteiger partial charge in [0, 0.05) is 38.9 Å². The molecule has 2 N–H and O–H groups in total. The van der Waals surface area contributed by atoms with Crippen LogP contribution in [-0.2, 0) is 13.6 Å². The van der Waals surface area contributed by atoms with Crippen molar-refractivity contribution in [2.75, 3.05) is 31.1 Å². The van der Waals surface area contributed by atoms with Crippen LogP contribution in [0.5, 0.6) is 0 Å². The minimum atomic E-state index is -0.478. The monoisotopic (exact) mass is 358 g/mol. The third-order valence-electron chi connectivity index (χ3n) is 4.74. The zero-order chi connectivity index (χ0) is 18.3. The molecular formula is C17H19FN6O2. The standard InChI is InChI=1S/C17H19FN6O2/c1-22-15-14(16(25)21-17(22)26)19-13(20-15)10-23-6-8-24(9-7-23)12-4-2-11(18)3-5-12/h2-5H,6-10H2,1H3,(H,19,20)(H,21,25,26). The van der Waals surface area contributed by atoms with E-state index in [0.29, 0.717) is 23.5 Å². The van der Waals surface area contributed by atoms with Gasteiger partial charge >= 0.3 is 5.69 Å². The highest BCUT2D eigenvalue weighted by molar-refractivity contribution is 5.69. The number of hydrogen-bond acceptors (Lipinski definition) is 5. The highest BCUT2D eigenvalue weighted by Crippen LogP contribution is 2.17. The zero-order valence-corrected chi connectivity index (χ0v) is 14.3. The van der Waals surface area contributed by atoms with Crippen molar-refractivity contribution in [3.8, 4) is 0 Å². The van der Waals surface area contributed by atoms with Gasteiger partial charge in [0.15, 0.2) is 5.65 Å². The second-order valence-corrected chi connectivity index (χ2v) is 6.44. The van der Waals surface area contributed by atoms with Crippen molar-refractivity contribution in [1.29, 1.82) is 0 Å². The molecule has 1 aliphatic rings. The van der Waals surface area contributed by atoms with Crippen molar-refractivity contribution in [1.82, 2.24) is 24.4 Å². The molecule has 26 heavy (non-hydrogen) atoms. The summed E-state index contributed by atoms with van der Waals surface area (Å²) in [7, 11) is 1.58. The van der Waals surface area contributed by atoms with Crippen molar-refractivity contribution >= 4 is 16.9 Å². The van der Waals surface area contributed by atoms with Crippen molar-refractivity contribution in [3.63, 3.8) is 0 Å². The van der Waals surface area contributed by atoms with Gasteiger partial charge in [0.1, 0.15) is 17.2 Å². The lowest BCUT2D eigenvalue weighted by molar-refractivity contribution is 0.245. The third-order valence-corrected chi connectivity index (χ3v) is 4.74. The number of H-pyrrole nitrogens is 2. The molecule has 0 spiro atoms. The second kappa shape index (κ2) is 6.41. The first kappa shape index (κ1) is 16.5. The first-order valence-electron chi connectivity index (χ1n) is 8.42. The van der Waals surface area contributed by atoms with E-state index in [9.17, 15) is 14.0 Å². The predicted molar refractivity (Wildman–Crippen MR) is 95.8 cm³/mol. The van der Waals surface area contributed by atoms with Crippen LogP contribution in [0.4, 0.5) is 10.1 Å². The van der Waals surface area contributed by atoms with Crippen LogP contribution in [0.2, 0.25) is 0 Å². The van der Waals surface area contributed by atoms with E-state index in [-0.39, 0.29) is 5.82 Å². The number of nitrogens with one attached hydrogen (secondary N) is 2. The Hall–Kier alpha value is -2.94. The Balaban J connectivity index is 1.46. The van der Waals surface area contributed by atoms with Crippen LogP contribution in [0, 0.1) is 5.82 Å². The van der Waals surface area contributed by atoms with E-state index in [1.165, 1.54) is 16.7 Å². The molecule has 4 rings (SSSR count). The van der Waals surface area contributed by atoms with Crippen molar-refractivity contribution < 1.29 is 4.39 Å². The molecule has 8 nitrogen and oxygen atoms in total. The smallest absolute Gasteiger partial charge is 0.329 e. The molecule has 0 unspecified atom stereocenters. The van der Waals surface area contributed by atoms with E-state index in [4.69, 9.17) is 0 Å². The fourth-order valence-corrected chi connectivity index (χ4v) is 3.26. The Labute approximate surface area is 147 Å². The number of fused-ring (bicyclic) bond motifs is 1. The van der Waals surface area contributed by atoms with Crippen molar-refractivity contribution in [2.24, 2.45) is 7.05 Å². The highest BCUT2D eigenvalue weighted by atomic mass is 19.1. The molecule has 0 aliphatic carbocycles. The van der Waals surface area contributed by atoms with Crippen molar-refractivity contribution in [3.05, 3.63) is 56.7 Å². The molecule has 1 saturated heterocycles. The Morgan fingerprint density at radius 1 is 1.08 bits per heavy atom. The minimum Gasteiger partial charge on any atom is -0.369 e. The number of aromatic amines is 2. The number of anilines is 1. The van der Waals surface area contributed by atoms with Crippen LogP contribution in [-0.4, -0.2) is 50.6 Å². The van der Waals surface area contributed by atoms with Gasteiger partial charge in [0.05, 0.1) is 6.54 Å². The average molecular weight is 358 g/mol. The van der Waals surface area contributed by atoms with Gasteiger partial charge in [-0.1, -0.05) is 0 Å². The van der Waals surface area contributed by atoms with E-state index >= 15 is 0 Å². The van der Waals surface area contributed by atoms with Gasteiger partial charge in [-0.3, -0.25) is 19.2 Å². The molecule has 0 bridgehead atoms. The first-order chi connectivity index (χ1) is 12.5. The molecule has 0 amide bonds. The summed E-state index contributed by atoms with van der Waals surface area (Å²) in [6.07, 6.45) is 0. The Kier molecular flexibility index (Phi) is 4.08. The predicted octanol–water partition coefficient (Wildman–Crippen LogP) is 0.411. The fourth-order valence-electron chi connectivity index (χ4n) is 3.26. The lowest BCUT2D eigenvalue weighted by Gasteiger charge is -2.35. The van der Waals surface area contributed by atoms with Crippen molar-refractivity contribution in [2.45, 2.75) is 6.54 Å². The number of halogens is 1. The van der Waals surface area contributed by atoms with Crippen LogP contribution in [0.15, 0.2) is 33.9 Å². The van der Waals surface area contributed by atoms with Gasteiger partial charge in [0.25, 0.3) is 5.56 Å². The van der Waals surface area contributed by atoms with Crippen LogP contribution in [0.1, 0.15) is 5.82 Å². The molecule has 2 aromatic heterocycles. The van der Waals surface area contributed by atoms with Gasteiger partial charge in [-0.25, -0.2) is 14.2 Å². The van der Waals surface area contributed by atoms with E-state index in [0.717, 1.165) is 31.9 Å². The fraction of sp³-hybridized carbons (Fsp3) is 0.353. The molecular weight excluding hydrogens is 339 g/mol. The topological polar surface area (TPSA) is 90.0 Å². The average Bonchev–Trinajstić information content (AvgIpc) is 3.06. The minimum absolute atomic E-state index is 0.235. The van der Waals surface area contributed by atoms with Gasteiger partial charge < -0.3 is 9.88 Å². The lowest BCUT2D eigenvalue weighted by atomic mass is 10.2. The van der Waals surface area contributed by atoms with Gasteiger partial charge in [-0.05, 0) is 24.3 Å². The van der Waals surface area contributed by atoms with Crippen LogP contribution in [0.25, 0.3) is 11.2 Å². The van der Waals surface area contributed by atoms with Crippen LogP contribution >= 0.6 is 0 Å². The Bertz CT molecular complexity index is 1040. The largest absolute Gasteiger partial charge is 0.369 e. The Morgan fingerprint density at radius 2 is 1.77 bits per heavy atom. The number of piperazine rings is 1. The molecule has 1 aromatic carbocycles. The van der Waals surface area contributed by atoms with E-state index in [2.05, 4.69) is 24.8 Å². The zero-order valence-electron chi connectivity index (χ0n) is 14.3. The Morgan fingerprint density at radius 3 is 2.46 bits per heavy atom. The number of benzene rings is 1. The summed E-state index contributed by atoms with van der Waals surface area (Å²) in [5.41, 5.74) is 0.749. The summed E-state index contributed by atoms with van der Waals surface area (Å²) in [6.45, 7) is 3.86. The molecule has 0 atom stereocenters. The number of nitrogens with zero attached hydrogens (tertiary/aromatic N) is 4. The number of rotatable bonds is 3. The highest BCUT2D eigenvalue weighted by Gasteiger charge is 2.19. The number of hydrogen-bond donors (Lipinski definition) is 2. The number of aryl methyl sites for hydroxylation is 1. The quantitative estimate of drug-likeness (QED) is 0.708. The van der Waals surface area contributed by atoms with Gasteiger partial charge in [0.2, 0.25) is 0 Å². The maximum absolute atomic E-state index is 13.0. The SMILES string of the molecule is Cn1c(=O)[nH]c(=O)c2[nH]c(CN3CCN(c4ccc(F)cc4)CC3)nc21. The molecule has 136 valence electrons. The molecule has 3 aromatic rings. The normalized spacial score (nSPS) is 15.7. The van der Waals surface area contributed by atoms with E-state index in [1.807, 2.05) is 0 Å². The molecule has 1 aliphatic heterocycles. The van der Waals surface area contributed by atoms with Gasteiger partial charge in [-0.15, -0.1) is 0 Å². The summed E-state index contributed by atoms with van der Waals surface area (Å²) in [6, 6.07) is 6.52. The maximum Gasteiger partial charge on any atom is 0.329 e. The first-order valence-corrected chi connectivity index (χ1v) is 8.42. The summed E-state index contributed by atoms with van der Waals surface area (Å²) in [5, 5.41) is 0. The molecule has 0 radical (unpaired) electrons. The van der Waals surface area contributed by atoms with Crippen LogP contribution < -0.4 is 16.1 Å². The summed E-state index contributed by atoms with van der Waals surface area (Å²) < 4.78 is 14.4. The number of imidazole rings is 1. The summed E-state index contributed by atoms with van der Waals surface area (Å²) in [5.74, 6) is 0.420. The molecule has 3 heterocycles. The second-order valence-electron chi connectivity index (χ2n) is 6.44. The van der Waals surface area contributed by atoms with Gasteiger partial charge in [-0.2, -0.15) is 0 Å². The molecule has 0 saturated carbocycles. The maximum atomic E-state index is 13.0. The third kappa shape index (κ3) is 3.01. The lowest BCUT2D eigenvalue weighted by Crippen LogP contribution is -2.46.